The van der Waals surface area contributed by atoms with Gasteiger partial charge in [0.25, 0.3) is 10.1 Å². The van der Waals surface area contributed by atoms with Crippen molar-refractivity contribution < 1.29 is 22.8 Å². The third kappa shape index (κ3) is 6.24. The van der Waals surface area contributed by atoms with Crippen molar-refractivity contribution in [1.82, 2.24) is 0 Å². The van der Waals surface area contributed by atoms with Crippen molar-refractivity contribution in [2.24, 2.45) is 0 Å². The average molecular weight is 184 g/mol. The molecule has 5 nitrogen and oxygen atoms in total. The second-order valence-electron chi connectivity index (χ2n) is 2.62. The lowest BCUT2D eigenvalue weighted by molar-refractivity contribution is -0.0307. The quantitative estimate of drug-likeness (QED) is 0.531. The molecular formula is C5H12O5S. The Morgan fingerprint density at radius 2 is 2.00 bits per heavy atom. The minimum absolute atomic E-state index is 0.428. The SMILES string of the molecule is C[C@](O)(CO)COS(C)(=O)=O. The summed E-state index contributed by atoms with van der Waals surface area (Å²) in [5, 5.41) is 17.5. The Morgan fingerprint density at radius 1 is 1.55 bits per heavy atom. The van der Waals surface area contributed by atoms with Gasteiger partial charge in [-0.25, -0.2) is 0 Å². The molecule has 68 valence electrons. The maximum absolute atomic E-state index is 10.4. The van der Waals surface area contributed by atoms with Gasteiger partial charge in [-0.1, -0.05) is 0 Å². The van der Waals surface area contributed by atoms with Crippen LogP contribution in [-0.2, 0) is 14.3 Å². The molecule has 0 unspecified atom stereocenters. The summed E-state index contributed by atoms with van der Waals surface area (Å²) in [6.45, 7) is 0.309. The predicted octanol–water partition coefficient (Wildman–Crippen LogP) is -1.29. The zero-order chi connectivity index (χ0) is 9.12. The van der Waals surface area contributed by atoms with Crippen molar-refractivity contribution in [3.63, 3.8) is 0 Å². The molecule has 2 N–H and O–H groups in total. The van der Waals surface area contributed by atoms with Gasteiger partial charge >= 0.3 is 0 Å². The normalized spacial score (nSPS) is 17.8. The molecule has 0 aliphatic carbocycles. The van der Waals surface area contributed by atoms with Crippen LogP contribution in [0.3, 0.4) is 0 Å². The van der Waals surface area contributed by atoms with E-state index in [1.165, 1.54) is 6.92 Å². The van der Waals surface area contributed by atoms with Gasteiger partial charge in [0, 0.05) is 0 Å². The van der Waals surface area contributed by atoms with Gasteiger partial charge in [-0.3, -0.25) is 4.18 Å². The summed E-state index contributed by atoms with van der Waals surface area (Å²) in [7, 11) is -3.54. The Labute approximate surface area is 65.7 Å². The summed E-state index contributed by atoms with van der Waals surface area (Å²) < 4.78 is 25.0. The average Bonchev–Trinajstić information content (AvgIpc) is 1.83. The summed E-state index contributed by atoms with van der Waals surface area (Å²) >= 11 is 0. The van der Waals surface area contributed by atoms with Crippen LogP contribution in [0.1, 0.15) is 6.92 Å². The first-order valence-corrected chi connectivity index (χ1v) is 4.76. The van der Waals surface area contributed by atoms with Gasteiger partial charge < -0.3 is 10.2 Å². The highest BCUT2D eigenvalue weighted by molar-refractivity contribution is 7.85. The molecule has 0 saturated heterocycles. The predicted molar refractivity (Wildman–Crippen MR) is 38.5 cm³/mol. The van der Waals surface area contributed by atoms with Gasteiger partial charge in [0.2, 0.25) is 0 Å². The number of rotatable bonds is 4. The van der Waals surface area contributed by atoms with Crippen LogP contribution in [0.5, 0.6) is 0 Å². The maximum Gasteiger partial charge on any atom is 0.264 e. The molecule has 0 heterocycles. The molecule has 0 fully saturated rings. The van der Waals surface area contributed by atoms with Crippen LogP contribution in [0.15, 0.2) is 0 Å². The van der Waals surface area contributed by atoms with E-state index < -0.39 is 28.9 Å². The molecule has 0 aromatic rings. The van der Waals surface area contributed by atoms with Crippen LogP contribution in [0, 0.1) is 0 Å². The van der Waals surface area contributed by atoms with Crippen LogP contribution in [0.25, 0.3) is 0 Å². The van der Waals surface area contributed by atoms with Crippen molar-refractivity contribution in [2.75, 3.05) is 19.5 Å². The van der Waals surface area contributed by atoms with Gasteiger partial charge in [0.05, 0.1) is 19.5 Å². The molecule has 1 atom stereocenters. The molecule has 0 aliphatic rings. The van der Waals surface area contributed by atoms with E-state index >= 15 is 0 Å². The lowest BCUT2D eigenvalue weighted by Gasteiger charge is -2.18. The van der Waals surface area contributed by atoms with E-state index in [-0.39, 0.29) is 0 Å². The molecule has 0 aliphatic heterocycles. The lowest BCUT2D eigenvalue weighted by atomic mass is 10.1. The van der Waals surface area contributed by atoms with E-state index in [1.807, 2.05) is 0 Å². The van der Waals surface area contributed by atoms with Crippen LogP contribution >= 0.6 is 0 Å². The highest BCUT2D eigenvalue weighted by Gasteiger charge is 2.21. The summed E-state index contributed by atoms with van der Waals surface area (Å²) in [5.41, 5.74) is -1.50. The van der Waals surface area contributed by atoms with Crippen molar-refractivity contribution in [1.29, 1.82) is 0 Å². The zero-order valence-electron chi connectivity index (χ0n) is 6.44. The van der Waals surface area contributed by atoms with Crippen LogP contribution in [0.4, 0.5) is 0 Å². The second-order valence-corrected chi connectivity index (χ2v) is 4.27. The zero-order valence-corrected chi connectivity index (χ0v) is 7.26. The summed E-state index contributed by atoms with van der Waals surface area (Å²) in [4.78, 5) is 0. The first-order chi connectivity index (χ1) is 4.77. The van der Waals surface area contributed by atoms with Crippen molar-refractivity contribution >= 4 is 10.1 Å². The highest BCUT2D eigenvalue weighted by atomic mass is 32.2. The minimum Gasteiger partial charge on any atom is -0.393 e. The molecule has 0 radical (unpaired) electrons. The number of hydrogen-bond donors (Lipinski definition) is 2. The fourth-order valence-corrected chi connectivity index (χ4v) is 0.748. The Bertz CT molecular complexity index is 205. The van der Waals surface area contributed by atoms with Gasteiger partial charge in [-0.05, 0) is 6.92 Å². The van der Waals surface area contributed by atoms with Crippen molar-refractivity contribution in [2.45, 2.75) is 12.5 Å². The number of aliphatic hydroxyl groups is 2. The first kappa shape index (κ1) is 10.8. The third-order valence-electron chi connectivity index (χ3n) is 0.925. The van der Waals surface area contributed by atoms with Gasteiger partial charge in [0.1, 0.15) is 5.60 Å². The number of aliphatic hydroxyl groups excluding tert-OH is 1. The Morgan fingerprint density at radius 3 is 2.27 bits per heavy atom. The highest BCUT2D eigenvalue weighted by Crippen LogP contribution is 2.03. The van der Waals surface area contributed by atoms with Gasteiger partial charge in [0.15, 0.2) is 0 Å². The monoisotopic (exact) mass is 184 g/mol. The Kier molecular flexibility index (Phi) is 3.43. The molecule has 0 bridgehead atoms. The van der Waals surface area contributed by atoms with Crippen molar-refractivity contribution in [3.8, 4) is 0 Å². The molecule has 0 saturated carbocycles. The van der Waals surface area contributed by atoms with Crippen LogP contribution in [-0.4, -0.2) is 43.7 Å². The fraction of sp³-hybridized carbons (Fsp3) is 1.00. The fourth-order valence-electron chi connectivity index (χ4n) is 0.280. The second kappa shape index (κ2) is 3.48. The molecule has 0 rings (SSSR count). The molecule has 0 aromatic heterocycles. The lowest BCUT2D eigenvalue weighted by Crippen LogP contribution is -2.35. The third-order valence-corrected chi connectivity index (χ3v) is 1.47. The largest absolute Gasteiger partial charge is 0.393 e. The van der Waals surface area contributed by atoms with E-state index in [0.29, 0.717) is 0 Å². The first-order valence-electron chi connectivity index (χ1n) is 2.94. The van der Waals surface area contributed by atoms with E-state index in [9.17, 15) is 8.42 Å². The standard InChI is InChI=1S/C5H12O5S/c1-5(7,3-6)4-10-11(2,8)9/h6-7H,3-4H2,1-2H3/t5-/m0/s1. The summed E-state index contributed by atoms with van der Waals surface area (Å²) in [5.74, 6) is 0. The van der Waals surface area contributed by atoms with Crippen LogP contribution < -0.4 is 0 Å². The van der Waals surface area contributed by atoms with Crippen LogP contribution in [0.2, 0.25) is 0 Å². The van der Waals surface area contributed by atoms with E-state index in [1.54, 1.807) is 0 Å². The molecule has 0 aromatic carbocycles. The number of hydrogen-bond acceptors (Lipinski definition) is 5. The maximum atomic E-state index is 10.4. The molecule has 6 heteroatoms. The Hall–Kier alpha value is -0.170. The molecule has 0 amide bonds. The van der Waals surface area contributed by atoms with E-state index in [0.717, 1.165) is 6.26 Å². The molecular weight excluding hydrogens is 172 g/mol. The van der Waals surface area contributed by atoms with Crippen molar-refractivity contribution in [3.05, 3.63) is 0 Å². The smallest absolute Gasteiger partial charge is 0.264 e. The summed E-state index contributed by atoms with van der Waals surface area (Å²) in [6, 6.07) is 0. The topological polar surface area (TPSA) is 83.8 Å². The molecule has 11 heavy (non-hydrogen) atoms. The Balaban J connectivity index is 3.90. The molecule has 0 spiro atoms. The summed E-state index contributed by atoms with van der Waals surface area (Å²) in [6.07, 6.45) is 0.875. The van der Waals surface area contributed by atoms with Gasteiger partial charge in [-0.2, -0.15) is 8.42 Å². The van der Waals surface area contributed by atoms with Gasteiger partial charge in [-0.15, -0.1) is 0 Å². The van der Waals surface area contributed by atoms with E-state index in [4.69, 9.17) is 10.2 Å². The minimum atomic E-state index is -3.54. The van der Waals surface area contributed by atoms with E-state index in [2.05, 4.69) is 4.18 Å².